The Bertz CT molecular complexity index is 884. The molecule has 11 heteroatoms. The Morgan fingerprint density at radius 1 is 1.35 bits per heavy atom. The number of aromatic nitrogens is 2. The average Bonchev–Trinajstić information content (AvgIpc) is 2.68. The van der Waals surface area contributed by atoms with Gasteiger partial charge in [0.1, 0.15) is 22.1 Å². The normalized spacial score (nSPS) is 11.5. The molecule has 0 unspecified atom stereocenters. The van der Waals surface area contributed by atoms with Crippen LogP contribution in [0.2, 0.25) is 0 Å². The first-order valence-corrected chi connectivity index (χ1v) is 9.59. The summed E-state index contributed by atoms with van der Waals surface area (Å²) >= 11 is 6.23. The van der Waals surface area contributed by atoms with Crippen LogP contribution in [0.3, 0.4) is 0 Å². The molecule has 0 aliphatic heterocycles. The van der Waals surface area contributed by atoms with E-state index in [-0.39, 0.29) is 20.5 Å². The molecule has 0 saturated carbocycles. The lowest BCUT2D eigenvalue weighted by atomic mass is 10.3. The fraction of sp³-hybridized carbons (Fsp3) is 0.167. The molecule has 1 amide bonds. The molecule has 0 atom stereocenters. The molecule has 0 aliphatic carbocycles. The number of anilines is 1. The quantitative estimate of drug-likeness (QED) is 0.741. The molecule has 1 aromatic carbocycles. The number of carbonyl (C=O) groups is 1. The van der Waals surface area contributed by atoms with Crippen molar-refractivity contribution in [3.05, 3.63) is 44.6 Å². The fourth-order valence-corrected chi connectivity index (χ4v) is 3.30. The smallest absolute Gasteiger partial charge is 0.277 e. The maximum atomic E-state index is 13.6. The Morgan fingerprint density at radius 2 is 2.00 bits per heavy atom. The second-order valence-corrected chi connectivity index (χ2v) is 8.24. The summed E-state index contributed by atoms with van der Waals surface area (Å²) in [6, 6.07) is 2.69. The van der Waals surface area contributed by atoms with Crippen molar-refractivity contribution >= 4 is 53.3 Å². The molecule has 1 N–H and O–H groups in total. The summed E-state index contributed by atoms with van der Waals surface area (Å²) in [6.45, 7) is 0. The number of nitrogens with zero attached hydrogens (tertiary/aromatic N) is 2. The van der Waals surface area contributed by atoms with Crippen molar-refractivity contribution in [3.8, 4) is 0 Å². The summed E-state index contributed by atoms with van der Waals surface area (Å²) in [7, 11) is -3.38. The van der Waals surface area contributed by atoms with Crippen molar-refractivity contribution in [1.82, 2.24) is 9.78 Å². The highest BCUT2D eigenvalue weighted by Gasteiger charge is 2.22. The van der Waals surface area contributed by atoms with Crippen LogP contribution in [-0.4, -0.2) is 30.4 Å². The number of halogens is 4. The minimum absolute atomic E-state index is 0.149. The van der Waals surface area contributed by atoms with Gasteiger partial charge in [-0.15, -0.1) is 0 Å². The van der Waals surface area contributed by atoms with E-state index in [0.717, 1.165) is 23.1 Å². The monoisotopic (exact) mass is 471 g/mol. The highest BCUT2D eigenvalue weighted by Crippen LogP contribution is 2.28. The number of carbonyl (C=O) groups excluding carboxylic acids is 1. The molecule has 124 valence electrons. The van der Waals surface area contributed by atoms with Crippen LogP contribution in [0, 0.1) is 11.6 Å². The Labute approximate surface area is 147 Å². The third kappa shape index (κ3) is 4.36. The lowest BCUT2D eigenvalue weighted by Crippen LogP contribution is -2.16. The minimum Gasteiger partial charge on any atom is -0.318 e. The number of nitrogens with one attached hydrogen (secondary N) is 1. The van der Waals surface area contributed by atoms with Crippen molar-refractivity contribution in [1.29, 1.82) is 0 Å². The summed E-state index contributed by atoms with van der Waals surface area (Å²) in [6.07, 6.45) is 1.02. The fourth-order valence-electron chi connectivity index (χ4n) is 1.64. The number of hydrogen-bond donors (Lipinski definition) is 1. The zero-order chi connectivity index (χ0) is 17.4. The van der Waals surface area contributed by atoms with E-state index in [9.17, 15) is 22.0 Å². The maximum Gasteiger partial charge on any atom is 0.277 e. The van der Waals surface area contributed by atoms with Crippen LogP contribution in [-0.2, 0) is 15.7 Å². The number of rotatable bonds is 4. The SMILES string of the molecule is CS(=O)(=O)Cn1nc(C(=O)Nc2ccc(F)cc2F)c(Br)c1Br. The number of benzene rings is 1. The van der Waals surface area contributed by atoms with Gasteiger partial charge in [-0.25, -0.2) is 21.9 Å². The predicted octanol–water partition coefficient (Wildman–Crippen LogP) is 2.94. The third-order valence-electron chi connectivity index (χ3n) is 2.59. The Kier molecular flexibility index (Phi) is 5.21. The van der Waals surface area contributed by atoms with Gasteiger partial charge in [0.05, 0.1) is 10.2 Å². The summed E-state index contributed by atoms with van der Waals surface area (Å²) in [5.41, 5.74) is -0.374. The molecule has 0 saturated heterocycles. The molecule has 2 rings (SSSR count). The van der Waals surface area contributed by atoms with Gasteiger partial charge in [0.25, 0.3) is 5.91 Å². The Morgan fingerprint density at radius 3 is 2.57 bits per heavy atom. The molecule has 2 aromatic rings. The Hall–Kier alpha value is -1.33. The highest BCUT2D eigenvalue weighted by molar-refractivity contribution is 9.13. The molecule has 0 aliphatic rings. The summed E-state index contributed by atoms with van der Waals surface area (Å²) in [5.74, 6) is -2.94. The van der Waals surface area contributed by atoms with Gasteiger partial charge in [0, 0.05) is 12.3 Å². The van der Waals surface area contributed by atoms with Crippen LogP contribution in [0.25, 0.3) is 0 Å². The van der Waals surface area contributed by atoms with Gasteiger partial charge in [-0.1, -0.05) is 0 Å². The topological polar surface area (TPSA) is 81.1 Å². The summed E-state index contributed by atoms with van der Waals surface area (Å²) in [5, 5.41) is 6.11. The molecule has 1 aromatic heterocycles. The van der Waals surface area contributed by atoms with Crippen molar-refractivity contribution in [2.45, 2.75) is 5.88 Å². The standard InChI is InChI=1S/C12H9Br2F2N3O3S/c1-23(21,22)5-19-11(14)9(13)10(18-19)12(20)17-8-3-2-6(15)4-7(8)16/h2-4H,5H2,1H3,(H,17,20). The molecular weight excluding hydrogens is 464 g/mol. The van der Waals surface area contributed by atoms with E-state index in [1.165, 1.54) is 0 Å². The van der Waals surface area contributed by atoms with E-state index in [4.69, 9.17) is 0 Å². The first-order chi connectivity index (χ1) is 10.6. The molecular formula is C12H9Br2F2N3O3S. The van der Waals surface area contributed by atoms with Gasteiger partial charge >= 0.3 is 0 Å². The lowest BCUT2D eigenvalue weighted by molar-refractivity contribution is 0.102. The van der Waals surface area contributed by atoms with Gasteiger partial charge in [0.15, 0.2) is 15.5 Å². The van der Waals surface area contributed by atoms with E-state index in [1.807, 2.05) is 0 Å². The van der Waals surface area contributed by atoms with Crippen molar-refractivity contribution in [2.75, 3.05) is 11.6 Å². The van der Waals surface area contributed by atoms with Gasteiger partial charge in [0.2, 0.25) is 0 Å². The zero-order valence-corrected chi connectivity index (χ0v) is 15.5. The van der Waals surface area contributed by atoms with E-state index >= 15 is 0 Å². The van der Waals surface area contributed by atoms with E-state index in [0.29, 0.717) is 6.07 Å². The predicted molar refractivity (Wildman–Crippen MR) is 86.8 cm³/mol. The van der Waals surface area contributed by atoms with Gasteiger partial charge < -0.3 is 5.32 Å². The van der Waals surface area contributed by atoms with Gasteiger partial charge in [-0.05, 0) is 44.0 Å². The average molecular weight is 473 g/mol. The van der Waals surface area contributed by atoms with Crippen LogP contribution in [0.4, 0.5) is 14.5 Å². The molecule has 1 heterocycles. The summed E-state index contributed by atoms with van der Waals surface area (Å²) < 4.78 is 50.6. The lowest BCUT2D eigenvalue weighted by Gasteiger charge is -2.05. The zero-order valence-electron chi connectivity index (χ0n) is 11.5. The number of hydrogen-bond acceptors (Lipinski definition) is 4. The minimum atomic E-state index is -3.38. The van der Waals surface area contributed by atoms with Crippen LogP contribution >= 0.6 is 31.9 Å². The number of sulfone groups is 1. The second kappa shape index (κ2) is 6.65. The van der Waals surface area contributed by atoms with Gasteiger partial charge in [-0.3, -0.25) is 4.79 Å². The van der Waals surface area contributed by atoms with Crippen molar-refractivity contribution in [3.63, 3.8) is 0 Å². The third-order valence-corrected chi connectivity index (χ3v) is 5.39. The first kappa shape index (κ1) is 18.0. The summed E-state index contributed by atoms with van der Waals surface area (Å²) in [4.78, 5) is 12.2. The van der Waals surface area contributed by atoms with Crippen LogP contribution in [0.15, 0.2) is 27.3 Å². The highest BCUT2D eigenvalue weighted by atomic mass is 79.9. The Balaban J connectivity index is 2.31. The van der Waals surface area contributed by atoms with Gasteiger partial charge in [-0.2, -0.15) is 5.10 Å². The van der Waals surface area contributed by atoms with E-state index in [2.05, 4.69) is 42.3 Å². The van der Waals surface area contributed by atoms with Crippen LogP contribution in [0.1, 0.15) is 10.5 Å². The van der Waals surface area contributed by atoms with Crippen molar-refractivity contribution in [2.24, 2.45) is 0 Å². The second-order valence-electron chi connectivity index (χ2n) is 4.59. The van der Waals surface area contributed by atoms with Crippen LogP contribution in [0.5, 0.6) is 0 Å². The number of amides is 1. The molecule has 23 heavy (non-hydrogen) atoms. The molecule has 6 nitrogen and oxygen atoms in total. The molecule has 0 fully saturated rings. The van der Waals surface area contributed by atoms with Crippen molar-refractivity contribution < 1.29 is 22.0 Å². The van der Waals surface area contributed by atoms with Crippen LogP contribution < -0.4 is 5.32 Å². The molecule has 0 spiro atoms. The van der Waals surface area contributed by atoms with E-state index < -0.39 is 33.3 Å². The largest absolute Gasteiger partial charge is 0.318 e. The molecule has 0 radical (unpaired) electrons. The maximum absolute atomic E-state index is 13.6. The van der Waals surface area contributed by atoms with E-state index in [1.54, 1.807) is 0 Å². The first-order valence-electron chi connectivity index (χ1n) is 5.94. The molecule has 0 bridgehead atoms.